The van der Waals surface area contributed by atoms with Crippen LogP contribution in [-0.4, -0.2) is 13.7 Å². The monoisotopic (exact) mass is 887 g/mol. The highest BCUT2D eigenvalue weighted by Gasteiger charge is 2.52. The fourth-order valence-electron chi connectivity index (χ4n) is 13.0. The molecule has 11 aromatic carbocycles. The Balaban J connectivity index is 1.04. The number of hydrogen-bond donors (Lipinski definition) is 0. The maximum atomic E-state index is 2.54. The van der Waals surface area contributed by atoms with E-state index >= 15 is 0 Å². The van der Waals surface area contributed by atoms with Gasteiger partial charge in [-0.2, -0.15) is 0 Å². The lowest BCUT2D eigenvalue weighted by molar-refractivity contribution is 0.791. The molecule has 0 radical (unpaired) electrons. The van der Waals surface area contributed by atoms with Crippen molar-refractivity contribution in [3.05, 3.63) is 271 Å². The summed E-state index contributed by atoms with van der Waals surface area (Å²) in [5.74, 6) is 0. The van der Waals surface area contributed by atoms with Crippen LogP contribution in [0.15, 0.2) is 249 Å². The van der Waals surface area contributed by atoms with Gasteiger partial charge in [-0.1, -0.05) is 170 Å². The number of fused-ring (bicyclic) bond motifs is 19. The highest BCUT2D eigenvalue weighted by atomic mass is 15.0. The van der Waals surface area contributed by atoms with Crippen LogP contribution in [0.4, 0.5) is 0 Å². The summed E-state index contributed by atoms with van der Waals surface area (Å²) in [7, 11) is 0. The van der Waals surface area contributed by atoms with Crippen molar-refractivity contribution in [1.29, 1.82) is 0 Å². The van der Waals surface area contributed by atoms with Gasteiger partial charge in [-0.15, -0.1) is 0 Å². The summed E-state index contributed by atoms with van der Waals surface area (Å²) in [6.45, 7) is 0. The minimum Gasteiger partial charge on any atom is -0.309 e. The predicted molar refractivity (Wildman–Crippen MR) is 291 cm³/mol. The van der Waals surface area contributed by atoms with Gasteiger partial charge in [-0.25, -0.2) is 0 Å². The van der Waals surface area contributed by atoms with E-state index in [0.717, 1.165) is 17.1 Å². The smallest absolute Gasteiger partial charge is 0.0727 e. The molecule has 1 atom stereocenters. The molecule has 0 bridgehead atoms. The molecule has 0 fully saturated rings. The molecule has 324 valence electrons. The minimum atomic E-state index is -0.664. The first-order valence-electron chi connectivity index (χ1n) is 24.3. The van der Waals surface area contributed by atoms with Gasteiger partial charge in [0.15, 0.2) is 0 Å². The van der Waals surface area contributed by atoms with Crippen LogP contribution in [0.5, 0.6) is 0 Å². The van der Waals surface area contributed by atoms with Gasteiger partial charge in [-0.3, -0.25) is 0 Å². The van der Waals surface area contributed by atoms with Crippen molar-refractivity contribution in [2.45, 2.75) is 5.41 Å². The summed E-state index contributed by atoms with van der Waals surface area (Å²) < 4.78 is 7.43. The standard InChI is InChI=1S/C67H41N3/c1-2-16-42(17-3-1)43-30-34-47-48-35-31-45(69-63-26-12-6-20-52(63)53-21-7-13-27-64(53)69)40-59(48)67(58(47)38-43)57-37-33-44(68-61-24-10-4-18-50(61)51-19-5-11-25-62(51)68)39-56(57)49-36-32-46(41-60(49)67)70-65-28-14-8-22-54(65)55-23-9-15-29-66(55)70/h1-41H. The van der Waals surface area contributed by atoms with E-state index in [-0.39, 0.29) is 0 Å². The maximum absolute atomic E-state index is 2.54. The SMILES string of the molecule is c1ccc(-c2ccc3c(c2)C2(c4ccc(-n5c6ccccc6c6ccccc65)cc4-c4ccc(-n5c6ccccc6c6ccccc65)cc42)c2cc(-n4c5ccccc5c5ccccc54)ccc2-3)cc1. The molecule has 3 heteroatoms. The largest absolute Gasteiger partial charge is 0.309 e. The van der Waals surface area contributed by atoms with Gasteiger partial charge in [0.25, 0.3) is 0 Å². The quantitative estimate of drug-likeness (QED) is 0.167. The van der Waals surface area contributed by atoms with Crippen molar-refractivity contribution >= 4 is 65.4 Å². The fraction of sp³-hybridized carbons (Fsp3) is 0.0149. The third-order valence-electron chi connectivity index (χ3n) is 15.8. The Hall–Kier alpha value is -9.18. The van der Waals surface area contributed by atoms with E-state index in [1.54, 1.807) is 0 Å². The fourth-order valence-corrected chi connectivity index (χ4v) is 13.0. The van der Waals surface area contributed by atoms with E-state index in [1.165, 1.54) is 121 Å². The maximum Gasteiger partial charge on any atom is 0.0727 e. The molecule has 1 spiro atoms. The summed E-state index contributed by atoms with van der Waals surface area (Å²) in [6.07, 6.45) is 0. The number of para-hydroxylation sites is 6. The van der Waals surface area contributed by atoms with Crippen LogP contribution >= 0.6 is 0 Å². The van der Waals surface area contributed by atoms with Gasteiger partial charge in [0, 0.05) is 49.4 Å². The Labute approximate surface area is 404 Å². The summed E-state index contributed by atoms with van der Waals surface area (Å²) in [6, 6.07) is 93.2. The minimum absolute atomic E-state index is 0.664. The molecule has 3 heterocycles. The Bertz CT molecular complexity index is 4380. The van der Waals surface area contributed by atoms with Crippen LogP contribution < -0.4 is 0 Å². The molecule has 3 nitrogen and oxygen atoms in total. The number of rotatable bonds is 4. The molecule has 0 saturated heterocycles. The molecule has 2 aliphatic carbocycles. The second-order valence-electron chi connectivity index (χ2n) is 19.2. The molecule has 0 aliphatic heterocycles. The molecule has 16 rings (SSSR count). The second-order valence-corrected chi connectivity index (χ2v) is 19.2. The van der Waals surface area contributed by atoms with Crippen molar-refractivity contribution < 1.29 is 0 Å². The number of aromatic nitrogens is 3. The number of hydrogen-bond acceptors (Lipinski definition) is 0. The zero-order valence-corrected chi connectivity index (χ0v) is 38.0. The van der Waals surface area contributed by atoms with Crippen LogP contribution in [0.3, 0.4) is 0 Å². The lowest BCUT2D eigenvalue weighted by Crippen LogP contribution is -2.26. The Kier molecular flexibility index (Phi) is 7.54. The highest BCUT2D eigenvalue weighted by Crippen LogP contribution is 2.64. The predicted octanol–water partition coefficient (Wildman–Crippen LogP) is 17.0. The van der Waals surface area contributed by atoms with E-state index in [0.29, 0.717) is 0 Å². The normalized spacial score (nSPS) is 14.6. The van der Waals surface area contributed by atoms with Crippen molar-refractivity contribution in [2.24, 2.45) is 0 Å². The summed E-state index contributed by atoms with van der Waals surface area (Å²) in [4.78, 5) is 0. The van der Waals surface area contributed by atoms with Crippen LogP contribution in [0.25, 0.3) is 116 Å². The first-order chi connectivity index (χ1) is 34.7. The van der Waals surface area contributed by atoms with Crippen molar-refractivity contribution in [3.8, 4) is 50.4 Å². The van der Waals surface area contributed by atoms with Crippen LogP contribution in [0.2, 0.25) is 0 Å². The van der Waals surface area contributed by atoms with Crippen molar-refractivity contribution in [1.82, 2.24) is 13.7 Å². The molecule has 14 aromatic rings. The van der Waals surface area contributed by atoms with Gasteiger partial charge < -0.3 is 13.7 Å². The molecular formula is C67H41N3. The Morgan fingerprint density at radius 1 is 0.214 bits per heavy atom. The Morgan fingerprint density at radius 2 is 0.543 bits per heavy atom. The van der Waals surface area contributed by atoms with Crippen LogP contribution in [-0.2, 0) is 5.41 Å². The zero-order valence-electron chi connectivity index (χ0n) is 38.0. The van der Waals surface area contributed by atoms with E-state index in [1.807, 2.05) is 0 Å². The third kappa shape index (κ3) is 4.88. The average Bonchev–Trinajstić information content (AvgIpc) is 4.20. The Morgan fingerprint density at radius 3 is 0.971 bits per heavy atom. The molecule has 70 heavy (non-hydrogen) atoms. The first kappa shape index (κ1) is 37.9. The second kappa shape index (κ2) is 13.9. The summed E-state index contributed by atoms with van der Waals surface area (Å²) in [5, 5.41) is 7.55. The van der Waals surface area contributed by atoms with Gasteiger partial charge in [0.05, 0.1) is 38.5 Å². The zero-order chi connectivity index (χ0) is 45.7. The molecule has 0 saturated carbocycles. The molecular weight excluding hydrogens is 847 g/mol. The summed E-state index contributed by atoms with van der Waals surface area (Å²) >= 11 is 0. The van der Waals surface area contributed by atoms with Gasteiger partial charge in [0.1, 0.15) is 0 Å². The number of nitrogens with zero attached hydrogens (tertiary/aromatic N) is 3. The van der Waals surface area contributed by atoms with Crippen molar-refractivity contribution in [2.75, 3.05) is 0 Å². The highest BCUT2D eigenvalue weighted by molar-refractivity contribution is 6.12. The topological polar surface area (TPSA) is 14.8 Å². The van der Waals surface area contributed by atoms with Crippen LogP contribution in [0, 0.1) is 0 Å². The van der Waals surface area contributed by atoms with Crippen LogP contribution in [0.1, 0.15) is 22.3 Å². The van der Waals surface area contributed by atoms with E-state index in [9.17, 15) is 0 Å². The van der Waals surface area contributed by atoms with Gasteiger partial charge in [0.2, 0.25) is 0 Å². The van der Waals surface area contributed by atoms with Crippen molar-refractivity contribution in [3.63, 3.8) is 0 Å². The van der Waals surface area contributed by atoms with E-state index in [4.69, 9.17) is 0 Å². The lowest BCUT2D eigenvalue weighted by Gasteiger charge is -2.31. The van der Waals surface area contributed by atoms with E-state index < -0.39 is 5.41 Å². The van der Waals surface area contributed by atoms with Gasteiger partial charge in [-0.05, 0) is 134 Å². The molecule has 1 unspecified atom stereocenters. The van der Waals surface area contributed by atoms with Gasteiger partial charge >= 0.3 is 0 Å². The summed E-state index contributed by atoms with van der Waals surface area (Å²) in [5.41, 5.74) is 22.7. The third-order valence-corrected chi connectivity index (χ3v) is 15.8. The molecule has 0 amide bonds. The molecule has 0 N–H and O–H groups in total. The average molecular weight is 888 g/mol. The molecule has 2 aliphatic rings. The van der Waals surface area contributed by atoms with E-state index in [2.05, 4.69) is 262 Å². The number of benzene rings is 11. The lowest BCUT2D eigenvalue weighted by atomic mass is 9.70. The molecule has 3 aromatic heterocycles. The first-order valence-corrected chi connectivity index (χ1v) is 24.3.